The number of H-pyrrole nitrogens is 1. The van der Waals surface area contributed by atoms with Gasteiger partial charge < -0.3 is 10.2 Å². The fourth-order valence-corrected chi connectivity index (χ4v) is 3.23. The molecule has 2 unspecified atom stereocenters. The molecule has 2 aliphatic rings. The van der Waals surface area contributed by atoms with Crippen LogP contribution in [0.1, 0.15) is 43.2 Å². The Kier molecular flexibility index (Phi) is 2.99. The normalized spacial score (nSPS) is 30.4. The molecule has 2 aliphatic heterocycles. The van der Waals surface area contributed by atoms with Crippen molar-refractivity contribution < 1.29 is 4.79 Å². The van der Waals surface area contributed by atoms with Gasteiger partial charge in [-0.2, -0.15) is 5.21 Å². The molecule has 2 fully saturated rings. The van der Waals surface area contributed by atoms with Crippen LogP contribution in [0.5, 0.6) is 0 Å². The number of carbonyl (C=O) groups excluding carboxylic acids is 1. The molecule has 3 heterocycles. The Labute approximate surface area is 105 Å². The van der Waals surface area contributed by atoms with Crippen LogP contribution in [0.25, 0.3) is 0 Å². The molecule has 1 amide bonds. The van der Waals surface area contributed by atoms with E-state index in [9.17, 15) is 4.79 Å². The summed E-state index contributed by atoms with van der Waals surface area (Å²) < 4.78 is 0. The van der Waals surface area contributed by atoms with E-state index in [2.05, 4.69) is 25.9 Å². The number of hydrogen-bond acceptors (Lipinski definition) is 5. The van der Waals surface area contributed by atoms with E-state index in [1.165, 1.54) is 12.8 Å². The van der Waals surface area contributed by atoms with E-state index in [-0.39, 0.29) is 11.7 Å². The first-order chi connectivity index (χ1) is 8.78. The third-order valence-electron chi connectivity index (χ3n) is 4.03. The first-order valence-electron chi connectivity index (χ1n) is 6.58. The number of amides is 1. The van der Waals surface area contributed by atoms with E-state index < -0.39 is 0 Å². The van der Waals surface area contributed by atoms with Crippen LogP contribution in [0.2, 0.25) is 0 Å². The summed E-state index contributed by atoms with van der Waals surface area (Å²) in [4.78, 5) is 14.2. The molecule has 3 rings (SSSR count). The summed E-state index contributed by atoms with van der Waals surface area (Å²) in [5, 5.41) is 16.9. The Morgan fingerprint density at radius 2 is 2.11 bits per heavy atom. The van der Waals surface area contributed by atoms with Crippen molar-refractivity contribution in [3.05, 3.63) is 5.82 Å². The predicted octanol–water partition coefficient (Wildman–Crippen LogP) is -0.0552. The minimum atomic E-state index is -0.113. The highest BCUT2D eigenvalue weighted by molar-refractivity contribution is 5.90. The largest absolute Gasteiger partial charge is 0.333 e. The highest BCUT2D eigenvalue weighted by atomic mass is 16.2. The van der Waals surface area contributed by atoms with Crippen molar-refractivity contribution in [2.45, 2.75) is 50.7 Å². The number of hydrogen-bond donors (Lipinski definition) is 2. The fourth-order valence-electron chi connectivity index (χ4n) is 3.23. The van der Waals surface area contributed by atoms with Crippen LogP contribution in [0.15, 0.2) is 0 Å². The maximum absolute atomic E-state index is 12.3. The van der Waals surface area contributed by atoms with Gasteiger partial charge in [0.05, 0.1) is 0 Å². The van der Waals surface area contributed by atoms with Crippen LogP contribution in [-0.4, -0.2) is 56.1 Å². The zero-order chi connectivity index (χ0) is 12.5. The summed E-state index contributed by atoms with van der Waals surface area (Å²) >= 11 is 0. The summed E-state index contributed by atoms with van der Waals surface area (Å²) in [5.74, 6) is 0.0558. The molecule has 0 radical (unpaired) electrons. The van der Waals surface area contributed by atoms with Gasteiger partial charge in [-0.25, -0.2) is 0 Å². The van der Waals surface area contributed by atoms with Gasteiger partial charge in [0, 0.05) is 24.7 Å². The lowest BCUT2D eigenvalue weighted by Gasteiger charge is -2.36. The van der Waals surface area contributed by atoms with E-state index in [0.717, 1.165) is 12.8 Å². The lowest BCUT2D eigenvalue weighted by atomic mass is 9.98. The minimum absolute atomic E-state index is 0.113. The smallest absolute Gasteiger partial charge is 0.295 e. The van der Waals surface area contributed by atoms with Gasteiger partial charge in [-0.1, -0.05) is 0 Å². The highest BCUT2D eigenvalue weighted by Gasteiger charge is 2.37. The number of fused-ring (bicyclic) bond motifs is 2. The zero-order valence-electron chi connectivity index (χ0n) is 10.5. The van der Waals surface area contributed by atoms with Crippen molar-refractivity contribution in [3.8, 4) is 0 Å². The number of piperidine rings is 1. The third kappa shape index (κ3) is 1.98. The van der Waals surface area contributed by atoms with E-state index in [1.54, 1.807) is 0 Å². The van der Waals surface area contributed by atoms with E-state index in [4.69, 9.17) is 0 Å². The van der Waals surface area contributed by atoms with Gasteiger partial charge in [-0.3, -0.25) is 4.79 Å². The second-order valence-corrected chi connectivity index (χ2v) is 5.09. The number of nitrogens with one attached hydrogen (secondary N) is 2. The summed E-state index contributed by atoms with van der Waals surface area (Å²) in [6, 6.07) is 1.45. The molecule has 2 bridgehead atoms. The highest BCUT2D eigenvalue weighted by Crippen LogP contribution is 2.30. The molecule has 0 spiro atoms. The number of aromatic amines is 1. The molecule has 18 heavy (non-hydrogen) atoms. The standard InChI is InChI=1S/C11H18N6O/c1-2-17(11(18)10-13-15-16-14-10)9-5-7-3-4-8(6-9)12-7/h7-9,12H,2-6H2,1H3,(H,13,14,15,16). The summed E-state index contributed by atoms with van der Waals surface area (Å²) in [7, 11) is 0. The van der Waals surface area contributed by atoms with Crippen molar-refractivity contribution in [2.75, 3.05) is 6.54 Å². The molecule has 2 atom stereocenters. The summed E-state index contributed by atoms with van der Waals surface area (Å²) in [6.07, 6.45) is 4.53. The van der Waals surface area contributed by atoms with Crippen LogP contribution < -0.4 is 5.32 Å². The topological polar surface area (TPSA) is 86.8 Å². The Hall–Kier alpha value is -1.50. The molecule has 0 aliphatic carbocycles. The van der Waals surface area contributed by atoms with Crippen LogP contribution in [-0.2, 0) is 0 Å². The summed E-state index contributed by atoms with van der Waals surface area (Å²) in [5.41, 5.74) is 0. The molecule has 2 saturated heterocycles. The van der Waals surface area contributed by atoms with Gasteiger partial charge in [0.15, 0.2) is 0 Å². The van der Waals surface area contributed by atoms with E-state index in [1.807, 2.05) is 11.8 Å². The number of nitrogens with zero attached hydrogens (tertiary/aromatic N) is 4. The lowest BCUT2D eigenvalue weighted by molar-refractivity contribution is 0.0618. The lowest BCUT2D eigenvalue weighted by Crippen LogP contribution is -2.50. The van der Waals surface area contributed by atoms with Gasteiger partial charge >= 0.3 is 0 Å². The summed E-state index contributed by atoms with van der Waals surface area (Å²) in [6.45, 7) is 2.69. The number of rotatable bonds is 3. The molecular weight excluding hydrogens is 232 g/mol. The second kappa shape index (κ2) is 4.64. The average Bonchev–Trinajstić information content (AvgIpc) is 3.00. The molecular formula is C11H18N6O. The first-order valence-corrected chi connectivity index (χ1v) is 6.58. The Balaban J connectivity index is 1.74. The quantitative estimate of drug-likeness (QED) is 0.785. The zero-order valence-corrected chi connectivity index (χ0v) is 10.5. The molecule has 1 aromatic rings. The van der Waals surface area contributed by atoms with Gasteiger partial charge in [-0.05, 0) is 37.8 Å². The maximum atomic E-state index is 12.3. The average molecular weight is 250 g/mol. The first kappa shape index (κ1) is 11.6. The SMILES string of the molecule is CCN(C(=O)c1nn[nH]n1)C1CC2CCC(C1)N2. The third-order valence-corrected chi connectivity index (χ3v) is 4.03. The molecule has 1 aromatic heterocycles. The number of carbonyl (C=O) groups is 1. The van der Waals surface area contributed by atoms with Crippen LogP contribution in [0, 0.1) is 0 Å². The van der Waals surface area contributed by atoms with E-state index in [0.29, 0.717) is 24.7 Å². The van der Waals surface area contributed by atoms with Gasteiger partial charge in [0.1, 0.15) is 0 Å². The van der Waals surface area contributed by atoms with Crippen LogP contribution in [0.3, 0.4) is 0 Å². The van der Waals surface area contributed by atoms with Crippen molar-refractivity contribution in [1.82, 2.24) is 30.8 Å². The minimum Gasteiger partial charge on any atom is -0.333 e. The van der Waals surface area contributed by atoms with Crippen molar-refractivity contribution in [3.63, 3.8) is 0 Å². The second-order valence-electron chi connectivity index (χ2n) is 5.09. The molecule has 0 aromatic carbocycles. The predicted molar refractivity (Wildman–Crippen MR) is 63.9 cm³/mol. The monoisotopic (exact) mass is 250 g/mol. The molecule has 98 valence electrons. The van der Waals surface area contributed by atoms with Crippen molar-refractivity contribution in [1.29, 1.82) is 0 Å². The molecule has 7 heteroatoms. The van der Waals surface area contributed by atoms with Crippen LogP contribution >= 0.6 is 0 Å². The molecule has 0 saturated carbocycles. The number of aromatic nitrogens is 4. The van der Waals surface area contributed by atoms with Gasteiger partial charge in [0.2, 0.25) is 0 Å². The van der Waals surface area contributed by atoms with Crippen LogP contribution in [0.4, 0.5) is 0 Å². The van der Waals surface area contributed by atoms with Gasteiger partial charge in [-0.15, -0.1) is 10.2 Å². The molecule has 2 N–H and O–H groups in total. The van der Waals surface area contributed by atoms with E-state index >= 15 is 0 Å². The van der Waals surface area contributed by atoms with Crippen molar-refractivity contribution >= 4 is 5.91 Å². The molecule has 7 nitrogen and oxygen atoms in total. The fraction of sp³-hybridized carbons (Fsp3) is 0.818. The number of tetrazole rings is 1. The Bertz CT molecular complexity index is 407. The maximum Gasteiger partial charge on any atom is 0.295 e. The Morgan fingerprint density at radius 1 is 1.39 bits per heavy atom. The van der Waals surface area contributed by atoms with Gasteiger partial charge in [0.25, 0.3) is 11.7 Å². The van der Waals surface area contributed by atoms with Crippen molar-refractivity contribution in [2.24, 2.45) is 0 Å². The Morgan fingerprint density at radius 3 is 2.67 bits per heavy atom.